The topological polar surface area (TPSA) is 39.1 Å². The first-order valence-corrected chi connectivity index (χ1v) is 8.11. The number of aromatic nitrogens is 2. The normalized spacial score (nSPS) is 24.8. The average molecular weight is 279 g/mol. The molecule has 1 atom stereocenters. The van der Waals surface area contributed by atoms with Gasteiger partial charge in [0.05, 0.1) is 18.4 Å². The minimum absolute atomic E-state index is 0.415. The van der Waals surface area contributed by atoms with Gasteiger partial charge in [-0.15, -0.1) is 0 Å². The lowest BCUT2D eigenvalue weighted by atomic mass is 9.93. The number of nitrogens with one attached hydrogen (secondary N) is 1. The van der Waals surface area contributed by atoms with Gasteiger partial charge in [-0.1, -0.05) is 13.8 Å². The molecule has 1 saturated carbocycles. The molecule has 1 aromatic rings. The molecule has 1 aliphatic carbocycles. The standard InChI is InChI=1S/C16H29N3O/c1-4-13(3)19-11-10-15(18-19)12-20-16-8-6-14(7-9-16)17-5-2/h10-11,13-14,16-17H,4-9,12H2,1-3H3. The van der Waals surface area contributed by atoms with Gasteiger partial charge in [0, 0.05) is 18.3 Å². The van der Waals surface area contributed by atoms with E-state index in [1.807, 2.05) is 4.68 Å². The fourth-order valence-electron chi connectivity index (χ4n) is 2.81. The van der Waals surface area contributed by atoms with E-state index in [-0.39, 0.29) is 0 Å². The van der Waals surface area contributed by atoms with E-state index in [9.17, 15) is 0 Å². The first-order chi connectivity index (χ1) is 9.72. The van der Waals surface area contributed by atoms with Gasteiger partial charge in [-0.05, 0) is 51.6 Å². The Morgan fingerprint density at radius 1 is 1.35 bits per heavy atom. The fraction of sp³-hybridized carbons (Fsp3) is 0.812. The maximum atomic E-state index is 6.02. The van der Waals surface area contributed by atoms with Gasteiger partial charge >= 0.3 is 0 Å². The van der Waals surface area contributed by atoms with Gasteiger partial charge in [-0.2, -0.15) is 5.10 Å². The van der Waals surface area contributed by atoms with E-state index in [0.29, 0.717) is 24.8 Å². The van der Waals surface area contributed by atoms with Crippen LogP contribution < -0.4 is 5.32 Å². The number of rotatable bonds is 7. The Morgan fingerprint density at radius 2 is 2.10 bits per heavy atom. The van der Waals surface area contributed by atoms with Crippen LogP contribution in [0.2, 0.25) is 0 Å². The van der Waals surface area contributed by atoms with Crippen molar-refractivity contribution in [3.05, 3.63) is 18.0 Å². The van der Waals surface area contributed by atoms with Crippen LogP contribution >= 0.6 is 0 Å². The molecular weight excluding hydrogens is 250 g/mol. The van der Waals surface area contributed by atoms with E-state index in [1.165, 1.54) is 25.7 Å². The van der Waals surface area contributed by atoms with Gasteiger partial charge in [-0.3, -0.25) is 4.68 Å². The number of hydrogen-bond acceptors (Lipinski definition) is 3. The smallest absolute Gasteiger partial charge is 0.0910 e. The predicted octanol–water partition coefficient (Wildman–Crippen LogP) is 3.29. The minimum atomic E-state index is 0.415. The summed E-state index contributed by atoms with van der Waals surface area (Å²) in [6.45, 7) is 8.28. The molecular formula is C16H29N3O. The molecule has 0 amide bonds. The molecule has 2 rings (SSSR count). The quantitative estimate of drug-likeness (QED) is 0.832. The number of nitrogens with zero attached hydrogens (tertiary/aromatic N) is 2. The highest BCUT2D eigenvalue weighted by atomic mass is 16.5. The summed E-state index contributed by atoms with van der Waals surface area (Å²) < 4.78 is 8.06. The molecule has 0 saturated heterocycles. The molecule has 1 aromatic heterocycles. The Balaban J connectivity index is 1.72. The van der Waals surface area contributed by atoms with Crippen molar-refractivity contribution in [2.75, 3.05) is 6.54 Å². The summed E-state index contributed by atoms with van der Waals surface area (Å²) >= 11 is 0. The lowest BCUT2D eigenvalue weighted by Crippen LogP contribution is -2.35. The highest BCUT2D eigenvalue weighted by Gasteiger charge is 2.21. The van der Waals surface area contributed by atoms with Crippen molar-refractivity contribution in [3.8, 4) is 0 Å². The third kappa shape index (κ3) is 4.32. The summed E-state index contributed by atoms with van der Waals surface area (Å²) in [4.78, 5) is 0. The van der Waals surface area contributed by atoms with Gasteiger partial charge in [0.2, 0.25) is 0 Å². The molecule has 1 N–H and O–H groups in total. The number of ether oxygens (including phenoxy) is 1. The number of hydrogen-bond donors (Lipinski definition) is 1. The molecule has 0 bridgehead atoms. The van der Waals surface area contributed by atoms with Crippen LogP contribution in [0.5, 0.6) is 0 Å². The average Bonchev–Trinajstić information content (AvgIpc) is 2.95. The van der Waals surface area contributed by atoms with Crippen LogP contribution in [0.1, 0.15) is 64.6 Å². The second-order valence-electron chi connectivity index (χ2n) is 5.89. The highest BCUT2D eigenvalue weighted by molar-refractivity contribution is 4.98. The summed E-state index contributed by atoms with van der Waals surface area (Å²) in [5.74, 6) is 0. The van der Waals surface area contributed by atoms with Crippen molar-refractivity contribution < 1.29 is 4.74 Å². The van der Waals surface area contributed by atoms with Crippen LogP contribution in [-0.2, 0) is 11.3 Å². The van der Waals surface area contributed by atoms with Crippen LogP contribution in [0.25, 0.3) is 0 Å². The molecule has 1 fully saturated rings. The third-order valence-corrected chi connectivity index (χ3v) is 4.34. The maximum Gasteiger partial charge on any atom is 0.0910 e. The Labute approximate surface area is 122 Å². The summed E-state index contributed by atoms with van der Waals surface area (Å²) in [5.41, 5.74) is 1.05. The zero-order valence-corrected chi connectivity index (χ0v) is 13.1. The van der Waals surface area contributed by atoms with Crippen LogP contribution in [0, 0.1) is 0 Å². The van der Waals surface area contributed by atoms with E-state index in [2.05, 4.69) is 43.4 Å². The summed E-state index contributed by atoms with van der Waals surface area (Å²) in [6, 6.07) is 3.25. The van der Waals surface area contributed by atoms with Gasteiger partial charge < -0.3 is 10.1 Å². The molecule has 0 spiro atoms. The van der Waals surface area contributed by atoms with E-state index in [0.717, 1.165) is 18.7 Å². The molecule has 0 aromatic carbocycles. The highest BCUT2D eigenvalue weighted by Crippen LogP contribution is 2.22. The molecule has 1 heterocycles. The van der Waals surface area contributed by atoms with E-state index in [1.54, 1.807) is 0 Å². The third-order valence-electron chi connectivity index (χ3n) is 4.34. The van der Waals surface area contributed by atoms with Crippen molar-refractivity contribution >= 4 is 0 Å². The SMILES string of the molecule is CCNC1CCC(OCc2ccn(C(C)CC)n2)CC1. The van der Waals surface area contributed by atoms with Crippen molar-refractivity contribution in [1.82, 2.24) is 15.1 Å². The zero-order chi connectivity index (χ0) is 14.4. The lowest BCUT2D eigenvalue weighted by Gasteiger charge is -2.28. The first kappa shape index (κ1) is 15.5. The first-order valence-electron chi connectivity index (χ1n) is 8.11. The van der Waals surface area contributed by atoms with Crippen LogP contribution in [0.4, 0.5) is 0 Å². The fourth-order valence-corrected chi connectivity index (χ4v) is 2.81. The molecule has 4 heteroatoms. The molecule has 1 aliphatic rings. The molecule has 114 valence electrons. The van der Waals surface area contributed by atoms with Gasteiger partial charge in [0.25, 0.3) is 0 Å². The molecule has 4 nitrogen and oxygen atoms in total. The second kappa shape index (κ2) is 7.79. The Kier molecular flexibility index (Phi) is 6.05. The van der Waals surface area contributed by atoms with Crippen molar-refractivity contribution in [1.29, 1.82) is 0 Å². The summed E-state index contributed by atoms with van der Waals surface area (Å²) in [7, 11) is 0. The summed E-state index contributed by atoms with van der Waals surface area (Å²) in [5, 5.41) is 8.12. The summed E-state index contributed by atoms with van der Waals surface area (Å²) in [6.07, 6.45) is 8.40. The second-order valence-corrected chi connectivity index (χ2v) is 5.89. The Morgan fingerprint density at radius 3 is 2.75 bits per heavy atom. The Bertz CT molecular complexity index is 383. The molecule has 20 heavy (non-hydrogen) atoms. The van der Waals surface area contributed by atoms with Gasteiger partial charge in [0.1, 0.15) is 0 Å². The zero-order valence-electron chi connectivity index (χ0n) is 13.1. The maximum absolute atomic E-state index is 6.02. The largest absolute Gasteiger partial charge is 0.372 e. The van der Waals surface area contributed by atoms with Crippen LogP contribution in [-0.4, -0.2) is 28.5 Å². The monoisotopic (exact) mass is 279 g/mol. The van der Waals surface area contributed by atoms with Crippen LogP contribution in [0.3, 0.4) is 0 Å². The van der Waals surface area contributed by atoms with E-state index in [4.69, 9.17) is 4.74 Å². The van der Waals surface area contributed by atoms with Gasteiger partial charge in [-0.25, -0.2) is 0 Å². The predicted molar refractivity (Wildman–Crippen MR) is 81.7 cm³/mol. The Hall–Kier alpha value is -0.870. The minimum Gasteiger partial charge on any atom is -0.372 e. The van der Waals surface area contributed by atoms with Gasteiger partial charge in [0.15, 0.2) is 0 Å². The van der Waals surface area contributed by atoms with E-state index < -0.39 is 0 Å². The molecule has 1 unspecified atom stereocenters. The van der Waals surface area contributed by atoms with Crippen molar-refractivity contribution in [3.63, 3.8) is 0 Å². The lowest BCUT2D eigenvalue weighted by molar-refractivity contribution is 0.00965. The molecule has 0 radical (unpaired) electrons. The van der Waals surface area contributed by atoms with Crippen molar-refractivity contribution in [2.45, 2.75) is 77.7 Å². The van der Waals surface area contributed by atoms with Crippen molar-refractivity contribution in [2.24, 2.45) is 0 Å². The molecule has 0 aliphatic heterocycles. The van der Waals surface area contributed by atoms with E-state index >= 15 is 0 Å². The van der Waals surface area contributed by atoms with Crippen LogP contribution in [0.15, 0.2) is 12.3 Å².